The molecule has 0 aliphatic rings. The summed E-state index contributed by atoms with van der Waals surface area (Å²) in [7, 11) is 3.81. The van der Waals surface area contributed by atoms with Crippen molar-refractivity contribution in [3.05, 3.63) is 121 Å². The Kier molecular flexibility index (Phi) is 19.2. The Hall–Kier alpha value is -2.57. The molecule has 312 valence electrons. The van der Waals surface area contributed by atoms with Crippen molar-refractivity contribution in [3.63, 3.8) is 0 Å². The first kappa shape index (κ1) is 47.1. The number of rotatable bonds is 28. The zero-order valence-corrected chi connectivity index (χ0v) is 39.8. The summed E-state index contributed by atoms with van der Waals surface area (Å²) in [5.74, 6) is 0. The first-order valence-corrected chi connectivity index (χ1v) is 28.5. The molecule has 57 heavy (non-hydrogen) atoms. The number of hydrogen-bond donors (Lipinski definition) is 0. The molecule has 4 aromatic rings. The molecule has 0 bridgehead atoms. The molecule has 0 heterocycles. The van der Waals surface area contributed by atoms with E-state index in [-0.39, 0.29) is 5.41 Å². The summed E-state index contributed by atoms with van der Waals surface area (Å²) in [5.41, 5.74) is -0.00670. The lowest BCUT2D eigenvalue weighted by Gasteiger charge is -2.39. The summed E-state index contributed by atoms with van der Waals surface area (Å²) < 4.78 is 50.7. The Morgan fingerprint density at radius 3 is 0.632 bits per heavy atom. The van der Waals surface area contributed by atoms with Gasteiger partial charge in [-0.2, -0.15) is 0 Å². The summed E-state index contributed by atoms with van der Waals surface area (Å²) in [6.45, 7) is 0. The third-order valence-corrected chi connectivity index (χ3v) is 26.5. The summed E-state index contributed by atoms with van der Waals surface area (Å²) >= 11 is 0. The van der Waals surface area contributed by atoms with E-state index >= 15 is 0 Å². The van der Waals surface area contributed by atoms with Gasteiger partial charge in [0.05, 0.1) is 0 Å². The topological polar surface area (TPSA) is 73.8 Å². The third-order valence-electron chi connectivity index (χ3n) is 12.3. The SMILES string of the molecule is CO[Si](CCCC(CCC[Si](OC)(OC)c1ccccc1)(CCC[Si](OC)(OC)c1ccccc1)CCC[Si](OC)(OC)c1ccccc1)(OC)c1ccccc1. The van der Waals surface area contributed by atoms with Gasteiger partial charge in [-0.05, 0) is 76.0 Å². The molecule has 0 aliphatic heterocycles. The van der Waals surface area contributed by atoms with Gasteiger partial charge in [-0.1, -0.05) is 147 Å². The maximum Gasteiger partial charge on any atom is 0.371 e. The Morgan fingerprint density at radius 1 is 0.298 bits per heavy atom. The summed E-state index contributed by atoms with van der Waals surface area (Å²) in [5, 5.41) is 4.66. The Morgan fingerprint density at radius 2 is 0.474 bits per heavy atom. The van der Waals surface area contributed by atoms with Gasteiger partial charge in [-0.3, -0.25) is 0 Å². The zero-order chi connectivity index (χ0) is 41.1. The van der Waals surface area contributed by atoms with Crippen molar-refractivity contribution in [1.82, 2.24) is 0 Å². The van der Waals surface area contributed by atoms with Gasteiger partial charge in [0.2, 0.25) is 0 Å². The minimum Gasteiger partial charge on any atom is -0.394 e. The normalized spacial score (nSPS) is 12.9. The molecule has 8 nitrogen and oxygen atoms in total. The smallest absolute Gasteiger partial charge is 0.371 e. The van der Waals surface area contributed by atoms with Gasteiger partial charge in [-0.15, -0.1) is 0 Å². The average Bonchev–Trinajstić information content (AvgIpc) is 3.28. The first-order chi connectivity index (χ1) is 27.7. The molecular weight excluding hydrogens is 781 g/mol. The lowest BCUT2D eigenvalue weighted by Crippen LogP contribution is -2.53. The second-order valence-electron chi connectivity index (χ2n) is 15.0. The van der Waals surface area contributed by atoms with Gasteiger partial charge in [0.15, 0.2) is 0 Å². The van der Waals surface area contributed by atoms with Crippen molar-refractivity contribution in [2.75, 3.05) is 56.9 Å². The van der Waals surface area contributed by atoms with Crippen LogP contribution in [-0.4, -0.2) is 91.1 Å². The molecule has 0 amide bonds. The minimum atomic E-state index is -2.67. The molecule has 0 radical (unpaired) electrons. The Balaban J connectivity index is 1.71. The van der Waals surface area contributed by atoms with E-state index in [1.807, 2.05) is 56.9 Å². The highest BCUT2D eigenvalue weighted by molar-refractivity contribution is 6.82. The Bertz CT molecular complexity index is 1400. The summed E-state index contributed by atoms with van der Waals surface area (Å²) in [4.78, 5) is 0. The fraction of sp³-hybridized carbons (Fsp3) is 0.467. The maximum atomic E-state index is 6.33. The van der Waals surface area contributed by atoms with Crippen LogP contribution in [0.1, 0.15) is 51.4 Å². The lowest BCUT2D eigenvalue weighted by molar-refractivity contribution is 0.175. The molecule has 0 spiro atoms. The average molecular weight is 849 g/mol. The molecule has 4 rings (SSSR count). The van der Waals surface area contributed by atoms with Gasteiger partial charge in [0.1, 0.15) is 0 Å². The van der Waals surface area contributed by atoms with Crippen LogP contribution in [0.25, 0.3) is 0 Å². The van der Waals surface area contributed by atoms with Crippen molar-refractivity contribution < 1.29 is 35.4 Å². The zero-order valence-electron chi connectivity index (χ0n) is 35.8. The van der Waals surface area contributed by atoms with E-state index in [1.54, 1.807) is 0 Å². The predicted molar refractivity (Wildman–Crippen MR) is 242 cm³/mol. The van der Waals surface area contributed by atoms with Crippen LogP contribution in [0.3, 0.4) is 0 Å². The predicted octanol–water partition coefficient (Wildman–Crippen LogP) is 7.66. The molecule has 12 heteroatoms. The second-order valence-corrected chi connectivity index (χ2v) is 28.6. The van der Waals surface area contributed by atoms with E-state index in [0.29, 0.717) is 0 Å². The van der Waals surface area contributed by atoms with E-state index < -0.39 is 34.2 Å². The molecule has 0 aromatic heterocycles. The quantitative estimate of drug-likeness (QED) is 0.0540. The first-order valence-electron chi connectivity index (χ1n) is 20.4. The van der Waals surface area contributed by atoms with Crippen LogP contribution in [0, 0.1) is 5.41 Å². The van der Waals surface area contributed by atoms with Crippen molar-refractivity contribution in [1.29, 1.82) is 0 Å². The van der Waals surface area contributed by atoms with Crippen LogP contribution in [0.15, 0.2) is 121 Å². The fourth-order valence-electron chi connectivity index (χ4n) is 8.97. The third kappa shape index (κ3) is 11.8. The van der Waals surface area contributed by atoms with Crippen molar-refractivity contribution in [3.8, 4) is 0 Å². The molecule has 0 N–H and O–H groups in total. The van der Waals surface area contributed by atoms with E-state index in [4.69, 9.17) is 35.4 Å². The molecule has 0 saturated carbocycles. The van der Waals surface area contributed by atoms with Crippen LogP contribution in [0.4, 0.5) is 0 Å². The fourth-order valence-corrected chi connectivity index (χ4v) is 19.7. The maximum absolute atomic E-state index is 6.33. The van der Waals surface area contributed by atoms with Gasteiger partial charge < -0.3 is 35.4 Å². The lowest BCUT2D eigenvalue weighted by atomic mass is 9.72. The largest absolute Gasteiger partial charge is 0.394 e. The van der Waals surface area contributed by atoms with Crippen LogP contribution >= 0.6 is 0 Å². The van der Waals surface area contributed by atoms with E-state index in [2.05, 4.69) is 121 Å². The Labute approximate surface area is 348 Å². The van der Waals surface area contributed by atoms with Crippen molar-refractivity contribution in [2.24, 2.45) is 5.41 Å². The summed E-state index contributed by atoms with van der Waals surface area (Å²) in [6.07, 6.45) is 8.02. The highest BCUT2D eigenvalue weighted by atomic mass is 28.4. The molecule has 4 aromatic carbocycles. The van der Waals surface area contributed by atoms with E-state index in [1.165, 1.54) is 0 Å². The molecule has 0 atom stereocenters. The highest BCUT2D eigenvalue weighted by Gasteiger charge is 2.44. The molecule has 0 saturated heterocycles. The van der Waals surface area contributed by atoms with Crippen LogP contribution in [-0.2, 0) is 35.4 Å². The molecule has 0 unspecified atom stereocenters. The number of hydrogen-bond acceptors (Lipinski definition) is 8. The van der Waals surface area contributed by atoms with Crippen molar-refractivity contribution in [2.45, 2.75) is 75.5 Å². The van der Waals surface area contributed by atoms with E-state index in [0.717, 1.165) is 96.3 Å². The monoisotopic (exact) mass is 848 g/mol. The summed E-state index contributed by atoms with van der Waals surface area (Å²) in [6, 6.07) is 45.5. The molecule has 0 fully saturated rings. The van der Waals surface area contributed by atoms with Crippen molar-refractivity contribution >= 4 is 55.0 Å². The van der Waals surface area contributed by atoms with Crippen LogP contribution < -0.4 is 20.7 Å². The van der Waals surface area contributed by atoms with Gasteiger partial charge in [0.25, 0.3) is 0 Å². The van der Waals surface area contributed by atoms with E-state index in [9.17, 15) is 0 Å². The highest BCUT2D eigenvalue weighted by Crippen LogP contribution is 2.44. The minimum absolute atomic E-state index is 0.00670. The van der Waals surface area contributed by atoms with Gasteiger partial charge in [-0.25, -0.2) is 0 Å². The van der Waals surface area contributed by atoms with Gasteiger partial charge >= 0.3 is 34.2 Å². The van der Waals surface area contributed by atoms with Crippen LogP contribution in [0.2, 0.25) is 24.2 Å². The second kappa shape index (κ2) is 23.3. The molecular formula is C45H68O8Si4. The molecule has 0 aliphatic carbocycles. The number of benzene rings is 4. The van der Waals surface area contributed by atoms with Crippen LogP contribution in [0.5, 0.6) is 0 Å². The van der Waals surface area contributed by atoms with Gasteiger partial charge in [0, 0.05) is 56.9 Å². The standard InChI is InChI=1S/C45H68O8Si4/c1-46-54(47-2,41-25-13-9-14-26-41)37-21-33-45(34-22-38-55(48-3,49-4)42-27-15-10-16-28-42,35-23-39-56(50-5,51-6)43-29-17-11-18-30-43)36-24-40-57(52-7,53-8)44-31-19-12-20-32-44/h9-20,25-32H,21-24,33-40H2,1-8H3.